The maximum absolute atomic E-state index is 13.2. The van der Waals surface area contributed by atoms with Crippen LogP contribution in [-0.4, -0.2) is 42.3 Å². The highest BCUT2D eigenvalue weighted by atomic mass is 127. The number of benzene rings is 1. The summed E-state index contributed by atoms with van der Waals surface area (Å²) >= 11 is 0. The molecule has 0 amide bonds. The number of aryl methyl sites for hydroxylation is 1. The van der Waals surface area contributed by atoms with Gasteiger partial charge in [-0.25, -0.2) is 4.39 Å². The number of nitrogens with zero attached hydrogens (tertiary/aromatic N) is 3. The summed E-state index contributed by atoms with van der Waals surface area (Å²) < 4.78 is 24.1. The van der Waals surface area contributed by atoms with E-state index in [1.807, 2.05) is 6.92 Å². The average Bonchev–Trinajstić information content (AvgIpc) is 3.02. The second-order valence-electron chi connectivity index (χ2n) is 5.47. The Morgan fingerprint density at radius 3 is 2.81 bits per heavy atom. The Balaban J connectivity index is 0.00000338. The van der Waals surface area contributed by atoms with Crippen LogP contribution in [0.4, 0.5) is 4.39 Å². The smallest absolute Gasteiger partial charge is 0.228 e. The van der Waals surface area contributed by atoms with E-state index in [1.54, 1.807) is 26.1 Å². The standard InChI is InChI=1S/C17H24FN5O2.HI/c1-4-14(24-15-7-5-6-13(18)10-15)11-21-17(19-3)20-9-8-16-22-12(2)23-25-16;/h5-7,10,14H,4,8-9,11H2,1-3H3,(H2,19,20,21);1H. The Morgan fingerprint density at radius 1 is 1.38 bits per heavy atom. The third-order valence-electron chi connectivity index (χ3n) is 3.48. The predicted molar refractivity (Wildman–Crippen MR) is 109 cm³/mol. The fourth-order valence-electron chi connectivity index (χ4n) is 2.16. The van der Waals surface area contributed by atoms with Crippen molar-refractivity contribution in [2.24, 2.45) is 4.99 Å². The van der Waals surface area contributed by atoms with Gasteiger partial charge in [-0.15, -0.1) is 24.0 Å². The van der Waals surface area contributed by atoms with Crippen molar-refractivity contribution >= 4 is 29.9 Å². The molecule has 0 saturated heterocycles. The molecule has 0 fully saturated rings. The topological polar surface area (TPSA) is 84.6 Å². The lowest BCUT2D eigenvalue weighted by molar-refractivity contribution is 0.199. The minimum Gasteiger partial charge on any atom is -0.489 e. The Morgan fingerprint density at radius 2 is 2.19 bits per heavy atom. The molecule has 0 aliphatic carbocycles. The fourth-order valence-corrected chi connectivity index (χ4v) is 2.16. The highest BCUT2D eigenvalue weighted by Gasteiger charge is 2.10. The molecule has 1 heterocycles. The van der Waals surface area contributed by atoms with Crippen LogP contribution in [-0.2, 0) is 6.42 Å². The van der Waals surface area contributed by atoms with Gasteiger partial charge in [-0.1, -0.05) is 18.1 Å². The summed E-state index contributed by atoms with van der Waals surface area (Å²) in [6.45, 7) is 4.96. The molecule has 2 N–H and O–H groups in total. The van der Waals surface area contributed by atoms with E-state index < -0.39 is 0 Å². The van der Waals surface area contributed by atoms with Gasteiger partial charge in [0.15, 0.2) is 11.8 Å². The molecule has 0 saturated carbocycles. The molecule has 9 heteroatoms. The van der Waals surface area contributed by atoms with Crippen molar-refractivity contribution in [3.8, 4) is 5.75 Å². The molecule has 0 bridgehead atoms. The summed E-state index contributed by atoms with van der Waals surface area (Å²) in [7, 11) is 1.70. The molecule has 0 radical (unpaired) electrons. The van der Waals surface area contributed by atoms with Gasteiger partial charge >= 0.3 is 0 Å². The maximum Gasteiger partial charge on any atom is 0.228 e. The molecule has 0 spiro atoms. The first-order chi connectivity index (χ1) is 12.1. The molecule has 2 aromatic rings. The van der Waals surface area contributed by atoms with Crippen molar-refractivity contribution < 1.29 is 13.7 Å². The first-order valence-corrected chi connectivity index (χ1v) is 8.26. The SMILES string of the molecule is CCC(CNC(=NC)NCCc1nc(C)no1)Oc1cccc(F)c1.I. The van der Waals surface area contributed by atoms with E-state index in [2.05, 4.69) is 25.8 Å². The first kappa shape index (κ1) is 22.1. The highest BCUT2D eigenvalue weighted by molar-refractivity contribution is 14.0. The molecule has 0 aliphatic heterocycles. The van der Waals surface area contributed by atoms with Crippen LogP contribution >= 0.6 is 24.0 Å². The Kier molecular flexibility index (Phi) is 9.92. The van der Waals surface area contributed by atoms with Crippen LogP contribution in [0.5, 0.6) is 5.75 Å². The lowest BCUT2D eigenvalue weighted by Gasteiger charge is -2.20. The van der Waals surface area contributed by atoms with Crippen molar-refractivity contribution in [1.29, 1.82) is 0 Å². The summed E-state index contributed by atoms with van der Waals surface area (Å²) in [5.41, 5.74) is 0. The second-order valence-corrected chi connectivity index (χ2v) is 5.47. The van der Waals surface area contributed by atoms with E-state index in [4.69, 9.17) is 9.26 Å². The van der Waals surface area contributed by atoms with Crippen molar-refractivity contribution in [3.05, 3.63) is 41.8 Å². The van der Waals surface area contributed by atoms with Gasteiger partial charge in [-0.05, 0) is 25.5 Å². The zero-order valence-electron chi connectivity index (χ0n) is 15.2. The fraction of sp³-hybridized carbons (Fsp3) is 0.471. The Bertz CT molecular complexity index is 695. The van der Waals surface area contributed by atoms with Gasteiger partial charge in [-0.3, -0.25) is 4.99 Å². The molecule has 2 rings (SSSR count). The number of hydrogen-bond donors (Lipinski definition) is 2. The molecular weight excluding hydrogens is 452 g/mol. The minimum absolute atomic E-state index is 0. The van der Waals surface area contributed by atoms with Gasteiger partial charge in [0, 0.05) is 26.1 Å². The lowest BCUT2D eigenvalue weighted by Crippen LogP contribution is -2.43. The molecule has 1 atom stereocenters. The molecule has 0 aliphatic rings. The van der Waals surface area contributed by atoms with Gasteiger partial charge < -0.3 is 19.9 Å². The van der Waals surface area contributed by atoms with Crippen LogP contribution < -0.4 is 15.4 Å². The van der Waals surface area contributed by atoms with Gasteiger partial charge in [-0.2, -0.15) is 4.98 Å². The van der Waals surface area contributed by atoms with E-state index in [0.29, 0.717) is 42.9 Å². The number of rotatable bonds is 8. The van der Waals surface area contributed by atoms with Crippen LogP contribution in [0.25, 0.3) is 0 Å². The van der Waals surface area contributed by atoms with E-state index >= 15 is 0 Å². The van der Waals surface area contributed by atoms with Crippen LogP contribution in [0, 0.1) is 12.7 Å². The third kappa shape index (κ3) is 7.54. The van der Waals surface area contributed by atoms with Crippen LogP contribution in [0.1, 0.15) is 25.1 Å². The van der Waals surface area contributed by atoms with Crippen molar-refractivity contribution in [2.75, 3.05) is 20.1 Å². The van der Waals surface area contributed by atoms with E-state index in [9.17, 15) is 4.39 Å². The molecule has 1 aromatic carbocycles. The van der Waals surface area contributed by atoms with E-state index in [0.717, 1.165) is 6.42 Å². The number of guanidine groups is 1. The summed E-state index contributed by atoms with van der Waals surface area (Å²) in [6.07, 6.45) is 1.29. The normalized spacial score (nSPS) is 12.2. The maximum atomic E-state index is 13.2. The average molecular weight is 477 g/mol. The van der Waals surface area contributed by atoms with Crippen molar-refractivity contribution in [2.45, 2.75) is 32.8 Å². The summed E-state index contributed by atoms with van der Waals surface area (Å²) in [4.78, 5) is 8.31. The molecule has 1 aromatic heterocycles. The highest BCUT2D eigenvalue weighted by Crippen LogP contribution is 2.14. The number of nitrogens with one attached hydrogen (secondary N) is 2. The third-order valence-corrected chi connectivity index (χ3v) is 3.48. The van der Waals surface area contributed by atoms with E-state index in [1.165, 1.54) is 12.1 Å². The number of halogens is 2. The first-order valence-electron chi connectivity index (χ1n) is 8.26. The number of ether oxygens (including phenoxy) is 1. The summed E-state index contributed by atoms with van der Waals surface area (Å²) in [5.74, 6) is 2.06. The van der Waals surface area contributed by atoms with E-state index in [-0.39, 0.29) is 35.9 Å². The van der Waals surface area contributed by atoms with Crippen LogP contribution in [0.2, 0.25) is 0 Å². The van der Waals surface area contributed by atoms with Crippen molar-refractivity contribution in [1.82, 2.24) is 20.8 Å². The number of hydrogen-bond acceptors (Lipinski definition) is 5. The molecule has 144 valence electrons. The number of aliphatic imine (C=N–C) groups is 1. The predicted octanol–water partition coefficient (Wildman–Crippen LogP) is 2.70. The summed E-state index contributed by atoms with van der Waals surface area (Å²) in [5, 5.41) is 10.1. The largest absolute Gasteiger partial charge is 0.489 e. The molecule has 26 heavy (non-hydrogen) atoms. The van der Waals surface area contributed by atoms with Crippen molar-refractivity contribution in [3.63, 3.8) is 0 Å². The zero-order chi connectivity index (χ0) is 18.1. The van der Waals surface area contributed by atoms with Crippen LogP contribution in [0.3, 0.4) is 0 Å². The molecule has 7 nitrogen and oxygen atoms in total. The second kappa shape index (κ2) is 11.7. The lowest BCUT2D eigenvalue weighted by atomic mass is 10.2. The Hall–Kier alpha value is -1.91. The van der Waals surface area contributed by atoms with Gasteiger partial charge in [0.25, 0.3) is 0 Å². The monoisotopic (exact) mass is 477 g/mol. The van der Waals surface area contributed by atoms with Gasteiger partial charge in [0.2, 0.25) is 5.89 Å². The van der Waals surface area contributed by atoms with Crippen LogP contribution in [0.15, 0.2) is 33.8 Å². The quantitative estimate of drug-likeness (QED) is 0.346. The zero-order valence-corrected chi connectivity index (χ0v) is 17.5. The molecule has 1 unspecified atom stereocenters. The Labute approximate surface area is 169 Å². The van der Waals surface area contributed by atoms with Gasteiger partial charge in [0.05, 0.1) is 6.54 Å². The number of aromatic nitrogens is 2. The minimum atomic E-state index is -0.311. The molecular formula is C17H25FIN5O2. The summed E-state index contributed by atoms with van der Waals surface area (Å²) in [6, 6.07) is 6.14. The van der Waals surface area contributed by atoms with Gasteiger partial charge in [0.1, 0.15) is 17.7 Å².